The summed E-state index contributed by atoms with van der Waals surface area (Å²) in [5.41, 5.74) is 0. The maximum Gasteiger partial charge on any atom is 0.329 e. The van der Waals surface area contributed by atoms with E-state index in [1.807, 2.05) is 0 Å². The largest absolute Gasteiger partial charge is 0.466 e. The predicted octanol–water partition coefficient (Wildman–Crippen LogP) is 0.940. The molecule has 0 heterocycles. The second-order valence-electron chi connectivity index (χ2n) is 2.19. The second-order valence-corrected chi connectivity index (χ2v) is 4.51. The van der Waals surface area contributed by atoms with E-state index in [-0.39, 0.29) is 0 Å². The zero-order chi connectivity index (χ0) is 13.0. The molecule has 0 aliphatic carbocycles. The van der Waals surface area contributed by atoms with Crippen molar-refractivity contribution in [3.05, 3.63) is 12.7 Å². The van der Waals surface area contributed by atoms with Gasteiger partial charge in [-0.05, 0) is 0 Å². The summed E-state index contributed by atoms with van der Waals surface area (Å²) in [5.74, 6) is -0.394. The Labute approximate surface area is 117 Å². The highest BCUT2D eigenvalue weighted by Crippen LogP contribution is 1.77. The maximum absolute atomic E-state index is 9.84. The third-order valence-electron chi connectivity index (χ3n) is 1.05. The average molecular weight is 298 g/mol. The molecule has 0 aliphatic heterocycles. The SMILES string of the molecule is C=CC(=O)OC.S=C(S)NCCNC(=S)S. The van der Waals surface area contributed by atoms with E-state index in [1.165, 1.54) is 7.11 Å². The molecule has 0 bridgehead atoms. The van der Waals surface area contributed by atoms with Gasteiger partial charge in [0.2, 0.25) is 0 Å². The maximum atomic E-state index is 9.84. The summed E-state index contributed by atoms with van der Waals surface area (Å²) >= 11 is 17.0. The highest BCUT2D eigenvalue weighted by atomic mass is 32.1. The molecule has 0 saturated carbocycles. The molecule has 0 spiro atoms. The summed E-state index contributed by atoms with van der Waals surface area (Å²) in [6.07, 6.45) is 1.11. The lowest BCUT2D eigenvalue weighted by molar-refractivity contribution is -0.134. The van der Waals surface area contributed by atoms with E-state index in [2.05, 4.69) is 71.6 Å². The number of ether oxygens (including phenoxy) is 1. The summed E-state index contributed by atoms with van der Waals surface area (Å²) < 4.78 is 5.13. The van der Waals surface area contributed by atoms with Crippen LogP contribution in [-0.4, -0.2) is 34.8 Å². The second kappa shape index (κ2) is 12.8. The van der Waals surface area contributed by atoms with Crippen molar-refractivity contribution in [3.63, 3.8) is 0 Å². The molecule has 92 valence electrons. The number of thiocarbonyl (C=S) groups is 2. The Bertz CT molecular complexity index is 242. The first-order valence-corrected chi connectivity index (χ1v) is 5.79. The molecular formula is C8H14N2O2S4. The summed E-state index contributed by atoms with van der Waals surface area (Å²) in [4.78, 5) is 9.84. The Morgan fingerprint density at radius 3 is 1.81 bits per heavy atom. The Balaban J connectivity index is 0. The third-order valence-corrected chi connectivity index (χ3v) is 1.65. The summed E-state index contributed by atoms with van der Waals surface area (Å²) in [5, 5.41) is 5.68. The fourth-order valence-corrected chi connectivity index (χ4v) is 0.850. The fraction of sp³-hybridized carbons (Fsp3) is 0.375. The van der Waals surface area contributed by atoms with Crippen molar-refractivity contribution < 1.29 is 9.53 Å². The fourth-order valence-electron chi connectivity index (χ4n) is 0.422. The van der Waals surface area contributed by atoms with Crippen LogP contribution in [0.15, 0.2) is 12.7 Å². The van der Waals surface area contributed by atoms with Gasteiger partial charge in [0, 0.05) is 19.2 Å². The van der Waals surface area contributed by atoms with Gasteiger partial charge in [-0.3, -0.25) is 0 Å². The van der Waals surface area contributed by atoms with Gasteiger partial charge in [-0.15, -0.1) is 25.3 Å². The molecule has 0 aromatic rings. The summed E-state index contributed by atoms with van der Waals surface area (Å²) in [6.45, 7) is 4.58. The van der Waals surface area contributed by atoms with Crippen LogP contribution in [0.4, 0.5) is 0 Å². The number of hydrogen-bond donors (Lipinski definition) is 4. The first kappa shape index (κ1) is 18.1. The lowest BCUT2D eigenvalue weighted by Gasteiger charge is -2.03. The van der Waals surface area contributed by atoms with Gasteiger partial charge >= 0.3 is 5.97 Å². The molecule has 0 rings (SSSR count). The van der Waals surface area contributed by atoms with Gasteiger partial charge in [-0.2, -0.15) is 0 Å². The van der Waals surface area contributed by atoms with Crippen LogP contribution in [0.1, 0.15) is 0 Å². The van der Waals surface area contributed by atoms with Crippen molar-refractivity contribution in [2.45, 2.75) is 0 Å². The molecule has 0 radical (unpaired) electrons. The monoisotopic (exact) mass is 298 g/mol. The van der Waals surface area contributed by atoms with Crippen molar-refractivity contribution in [1.29, 1.82) is 0 Å². The third kappa shape index (κ3) is 19.3. The minimum atomic E-state index is -0.394. The predicted molar refractivity (Wildman–Crippen MR) is 81.4 cm³/mol. The van der Waals surface area contributed by atoms with Crippen LogP contribution in [0, 0.1) is 0 Å². The molecule has 0 amide bonds. The van der Waals surface area contributed by atoms with Crippen LogP contribution in [0.25, 0.3) is 0 Å². The zero-order valence-corrected chi connectivity index (χ0v) is 12.1. The molecule has 2 N–H and O–H groups in total. The molecule has 8 heteroatoms. The molecule has 0 aliphatic rings. The quantitative estimate of drug-likeness (QED) is 0.204. The minimum absolute atomic E-state index is 0.394. The van der Waals surface area contributed by atoms with Crippen molar-refractivity contribution >= 4 is 64.3 Å². The van der Waals surface area contributed by atoms with Gasteiger partial charge in [-0.25, -0.2) is 4.79 Å². The number of carbonyl (C=O) groups excluding carboxylic acids is 1. The number of thiol groups is 2. The smallest absolute Gasteiger partial charge is 0.329 e. The number of nitrogens with one attached hydrogen (secondary N) is 2. The molecule has 0 aromatic heterocycles. The highest BCUT2D eigenvalue weighted by molar-refractivity contribution is 8.11. The molecular weight excluding hydrogens is 284 g/mol. The van der Waals surface area contributed by atoms with Crippen LogP contribution in [0.3, 0.4) is 0 Å². The van der Waals surface area contributed by atoms with Gasteiger partial charge in [0.05, 0.1) is 7.11 Å². The number of carbonyl (C=O) groups is 1. The van der Waals surface area contributed by atoms with Crippen molar-refractivity contribution in [1.82, 2.24) is 10.6 Å². The van der Waals surface area contributed by atoms with Crippen LogP contribution in [0.5, 0.6) is 0 Å². The molecule has 16 heavy (non-hydrogen) atoms. The van der Waals surface area contributed by atoms with Gasteiger partial charge in [-0.1, -0.05) is 31.0 Å². The first-order chi connectivity index (χ1) is 7.43. The Morgan fingerprint density at radius 2 is 1.69 bits per heavy atom. The molecule has 0 fully saturated rings. The average Bonchev–Trinajstić information content (AvgIpc) is 2.23. The highest BCUT2D eigenvalue weighted by Gasteiger charge is 1.87. The van der Waals surface area contributed by atoms with Gasteiger partial charge < -0.3 is 15.4 Å². The summed E-state index contributed by atoms with van der Waals surface area (Å²) in [6, 6.07) is 0. The lowest BCUT2D eigenvalue weighted by atomic mass is 10.6. The van der Waals surface area contributed by atoms with Crippen LogP contribution in [-0.2, 0) is 9.53 Å². The molecule has 0 aromatic carbocycles. The Hall–Kier alpha value is -0.310. The van der Waals surface area contributed by atoms with E-state index in [4.69, 9.17) is 0 Å². The minimum Gasteiger partial charge on any atom is -0.466 e. The van der Waals surface area contributed by atoms with Crippen molar-refractivity contribution in [2.75, 3.05) is 20.2 Å². The number of methoxy groups -OCH3 is 1. The van der Waals surface area contributed by atoms with E-state index in [1.54, 1.807) is 0 Å². The normalized spacial score (nSPS) is 7.94. The lowest BCUT2D eigenvalue weighted by Crippen LogP contribution is -2.29. The van der Waals surface area contributed by atoms with Gasteiger partial charge in [0.25, 0.3) is 0 Å². The van der Waals surface area contributed by atoms with Gasteiger partial charge in [0.1, 0.15) is 8.64 Å². The number of hydrogen-bond acceptors (Lipinski definition) is 4. The Kier molecular flexibility index (Phi) is 14.4. The van der Waals surface area contributed by atoms with Gasteiger partial charge in [0.15, 0.2) is 0 Å². The number of rotatable bonds is 4. The van der Waals surface area contributed by atoms with E-state index in [0.717, 1.165) is 6.08 Å². The van der Waals surface area contributed by atoms with Crippen LogP contribution < -0.4 is 10.6 Å². The van der Waals surface area contributed by atoms with E-state index in [0.29, 0.717) is 21.7 Å². The molecule has 0 saturated heterocycles. The topological polar surface area (TPSA) is 50.4 Å². The molecule has 4 nitrogen and oxygen atoms in total. The molecule has 0 atom stereocenters. The standard InChI is InChI=1S/C4H8N2S4.C4H6O2/c7-3(8)5-1-2-6-4(9)10;1-3-4(5)6-2/h1-2H2,(H2,5,7,8)(H2,6,9,10);3H,1H2,2H3. The Morgan fingerprint density at radius 1 is 1.31 bits per heavy atom. The molecule has 0 unspecified atom stereocenters. The number of esters is 1. The van der Waals surface area contributed by atoms with Crippen molar-refractivity contribution in [2.24, 2.45) is 0 Å². The summed E-state index contributed by atoms with van der Waals surface area (Å²) in [7, 11) is 1.31. The zero-order valence-electron chi connectivity index (χ0n) is 8.73. The first-order valence-electron chi connectivity index (χ1n) is 4.08. The van der Waals surface area contributed by atoms with Crippen LogP contribution in [0.2, 0.25) is 0 Å². The van der Waals surface area contributed by atoms with E-state index in [9.17, 15) is 4.79 Å². The van der Waals surface area contributed by atoms with E-state index < -0.39 is 5.97 Å². The van der Waals surface area contributed by atoms with E-state index >= 15 is 0 Å². The van der Waals surface area contributed by atoms with Crippen molar-refractivity contribution in [3.8, 4) is 0 Å². The van der Waals surface area contributed by atoms with Crippen LogP contribution >= 0.6 is 49.7 Å².